The summed E-state index contributed by atoms with van der Waals surface area (Å²) in [6.07, 6.45) is 3.53. The molecule has 54 heavy (non-hydrogen) atoms. The minimum atomic E-state index is -4.00. The number of aryl methyl sites for hydroxylation is 2. The van der Waals surface area contributed by atoms with E-state index in [4.69, 9.17) is 32.7 Å². The number of ether oxygens (including phenoxy) is 2. The number of amides is 2. The molecule has 0 unspecified atom stereocenters. The van der Waals surface area contributed by atoms with E-state index in [0.29, 0.717) is 36.9 Å². The Morgan fingerprint density at radius 1 is 0.741 bits per heavy atom. The normalized spacial score (nSPS) is 15.7. The molecule has 1 aliphatic carbocycles. The third-order valence-corrected chi connectivity index (χ3v) is 12.2. The first-order chi connectivity index (χ1) is 25.8. The van der Waals surface area contributed by atoms with Crippen LogP contribution in [0.5, 0.6) is 0 Å². The Morgan fingerprint density at radius 2 is 1.35 bits per heavy atom. The van der Waals surface area contributed by atoms with E-state index in [0.717, 1.165) is 24.0 Å². The van der Waals surface area contributed by atoms with Crippen LogP contribution in [0, 0.1) is 5.92 Å². The number of hydrogen-bond acceptors (Lipinski definition) is 8. The standard InChI is InChI=1S/C40H41Cl2N3O8S/c1-4-45(31-20-16-28(17-21-31)40(49)53-3)54(50,51)32-7-5-6-29(22-32)37(46)44-36-24-35(42)34(41)23-33(36)38(47)43-30-18-12-26(13-19-30)9-8-25-10-14-27(15-11-25)39(48)52-2/h5-7,10-15,18-19,22-24,28,31H,4,8-9,16-17,20-21H2,1-3H3,(H,43,47)(H,44,46). The lowest BCUT2D eigenvalue weighted by Gasteiger charge is -2.34. The number of nitrogens with zero attached hydrogens (tertiary/aromatic N) is 1. The lowest BCUT2D eigenvalue weighted by atomic mass is 9.86. The second-order valence-corrected chi connectivity index (χ2v) is 15.6. The number of nitrogens with one attached hydrogen (secondary N) is 2. The minimum Gasteiger partial charge on any atom is -0.469 e. The highest BCUT2D eigenvalue weighted by Gasteiger charge is 2.35. The molecule has 14 heteroatoms. The molecule has 1 aliphatic rings. The molecule has 0 aliphatic heterocycles. The smallest absolute Gasteiger partial charge is 0.337 e. The van der Waals surface area contributed by atoms with Gasteiger partial charge in [-0.3, -0.25) is 14.4 Å². The van der Waals surface area contributed by atoms with Crippen LogP contribution in [-0.4, -0.2) is 63.3 Å². The third kappa shape index (κ3) is 9.67. The van der Waals surface area contributed by atoms with Gasteiger partial charge in [0.1, 0.15) is 0 Å². The SMILES string of the molecule is CCN(C1CCC(C(=O)OC)CC1)S(=O)(=O)c1cccc(C(=O)Nc2cc(Cl)c(Cl)cc2C(=O)Nc2ccc(CCc3ccc(C(=O)OC)cc3)cc2)c1. The Hall–Kier alpha value is -4.75. The lowest BCUT2D eigenvalue weighted by molar-refractivity contribution is -0.146. The second kappa shape index (κ2) is 18.1. The Labute approximate surface area is 325 Å². The molecule has 0 saturated heterocycles. The molecule has 11 nitrogen and oxygen atoms in total. The molecule has 0 aromatic heterocycles. The lowest BCUT2D eigenvalue weighted by Crippen LogP contribution is -2.43. The van der Waals surface area contributed by atoms with Crippen LogP contribution in [-0.2, 0) is 37.1 Å². The van der Waals surface area contributed by atoms with Crippen LogP contribution in [0.2, 0.25) is 10.0 Å². The fourth-order valence-corrected chi connectivity index (χ4v) is 8.59. The van der Waals surface area contributed by atoms with Crippen molar-refractivity contribution in [2.45, 2.75) is 56.4 Å². The maximum Gasteiger partial charge on any atom is 0.337 e. The van der Waals surface area contributed by atoms with Crippen LogP contribution in [0.25, 0.3) is 0 Å². The van der Waals surface area contributed by atoms with Crippen LogP contribution in [0.1, 0.15) is 74.8 Å². The first-order valence-corrected chi connectivity index (χ1v) is 19.6. The van der Waals surface area contributed by atoms with Crippen LogP contribution in [0.15, 0.2) is 89.8 Å². The van der Waals surface area contributed by atoms with Crippen LogP contribution in [0.4, 0.5) is 11.4 Å². The Kier molecular flexibility index (Phi) is 13.5. The summed E-state index contributed by atoms with van der Waals surface area (Å²) in [6, 6.07) is 22.6. The molecule has 0 heterocycles. The predicted octanol–water partition coefficient (Wildman–Crippen LogP) is 7.81. The van der Waals surface area contributed by atoms with Gasteiger partial charge in [0.25, 0.3) is 11.8 Å². The molecule has 0 radical (unpaired) electrons. The Bertz CT molecular complexity index is 2120. The van der Waals surface area contributed by atoms with Gasteiger partial charge >= 0.3 is 11.9 Å². The summed E-state index contributed by atoms with van der Waals surface area (Å²) in [6.45, 7) is 1.97. The highest BCUT2D eigenvalue weighted by atomic mass is 35.5. The molecule has 4 aromatic rings. The van der Waals surface area contributed by atoms with E-state index in [1.54, 1.807) is 31.2 Å². The van der Waals surface area contributed by atoms with E-state index in [9.17, 15) is 27.6 Å². The first-order valence-electron chi connectivity index (χ1n) is 17.4. The number of anilines is 2. The molecule has 1 fully saturated rings. The number of rotatable bonds is 13. The molecule has 0 atom stereocenters. The van der Waals surface area contributed by atoms with E-state index in [1.165, 1.54) is 54.9 Å². The van der Waals surface area contributed by atoms with E-state index < -0.39 is 21.8 Å². The molecule has 2 N–H and O–H groups in total. The molecule has 0 bridgehead atoms. The zero-order chi connectivity index (χ0) is 39.0. The Morgan fingerprint density at radius 3 is 1.94 bits per heavy atom. The summed E-state index contributed by atoms with van der Waals surface area (Å²) >= 11 is 12.6. The fraction of sp³-hybridized carbons (Fsp3) is 0.300. The van der Waals surface area contributed by atoms with E-state index >= 15 is 0 Å². The minimum absolute atomic E-state index is 0.0423. The van der Waals surface area contributed by atoms with Crippen molar-refractivity contribution in [2.75, 3.05) is 31.4 Å². The zero-order valence-electron chi connectivity index (χ0n) is 30.1. The zero-order valence-corrected chi connectivity index (χ0v) is 32.4. The quantitative estimate of drug-likeness (QED) is 0.130. The van der Waals surface area contributed by atoms with Crippen molar-refractivity contribution < 1.29 is 37.1 Å². The number of carbonyl (C=O) groups excluding carboxylic acids is 4. The molecule has 284 valence electrons. The summed E-state index contributed by atoms with van der Waals surface area (Å²) in [7, 11) is -1.31. The van der Waals surface area contributed by atoms with Gasteiger partial charge < -0.3 is 20.1 Å². The van der Waals surface area contributed by atoms with E-state index in [1.807, 2.05) is 24.3 Å². The molecular weight excluding hydrogens is 753 g/mol. The van der Waals surface area contributed by atoms with Crippen LogP contribution < -0.4 is 10.6 Å². The number of esters is 2. The first kappa shape index (κ1) is 40.4. The molecule has 5 rings (SSSR count). The van der Waals surface area contributed by atoms with Crippen LogP contribution in [0.3, 0.4) is 0 Å². The summed E-state index contributed by atoms with van der Waals surface area (Å²) in [4.78, 5) is 50.7. The predicted molar refractivity (Wildman–Crippen MR) is 208 cm³/mol. The molecule has 1 saturated carbocycles. The average Bonchev–Trinajstić information content (AvgIpc) is 3.18. The molecule has 2 amide bonds. The van der Waals surface area contributed by atoms with Crippen molar-refractivity contribution in [2.24, 2.45) is 5.92 Å². The molecule has 4 aromatic carbocycles. The van der Waals surface area contributed by atoms with Gasteiger partial charge in [-0.15, -0.1) is 0 Å². The number of sulfonamides is 1. The summed E-state index contributed by atoms with van der Waals surface area (Å²) < 4.78 is 38.7. The fourth-order valence-electron chi connectivity index (χ4n) is 6.52. The Balaban J connectivity index is 1.26. The third-order valence-electron chi connectivity index (χ3n) is 9.50. The molecular formula is C40H41Cl2N3O8S. The number of benzene rings is 4. The van der Waals surface area contributed by atoms with Gasteiger partial charge in [0, 0.05) is 23.8 Å². The average molecular weight is 795 g/mol. The highest BCUT2D eigenvalue weighted by Crippen LogP contribution is 2.33. The summed E-state index contributed by atoms with van der Waals surface area (Å²) in [5, 5.41) is 5.73. The monoisotopic (exact) mass is 793 g/mol. The highest BCUT2D eigenvalue weighted by molar-refractivity contribution is 7.89. The topological polar surface area (TPSA) is 148 Å². The van der Waals surface area contributed by atoms with Gasteiger partial charge in [0.15, 0.2) is 0 Å². The second-order valence-electron chi connectivity index (χ2n) is 12.9. The van der Waals surface area contributed by atoms with E-state index in [2.05, 4.69) is 10.6 Å². The van der Waals surface area contributed by atoms with Crippen molar-refractivity contribution >= 4 is 68.4 Å². The van der Waals surface area contributed by atoms with Gasteiger partial charge in [-0.05, 0) is 104 Å². The van der Waals surface area contributed by atoms with Gasteiger partial charge in [0.05, 0.1) is 51.9 Å². The van der Waals surface area contributed by atoms with Crippen molar-refractivity contribution in [1.82, 2.24) is 4.31 Å². The van der Waals surface area contributed by atoms with Crippen molar-refractivity contribution in [3.05, 3.63) is 123 Å². The van der Waals surface area contributed by atoms with Gasteiger partial charge in [-0.1, -0.05) is 60.5 Å². The number of halogens is 2. The van der Waals surface area contributed by atoms with Gasteiger partial charge in [0.2, 0.25) is 10.0 Å². The summed E-state index contributed by atoms with van der Waals surface area (Å²) in [5.74, 6) is -2.15. The summed E-state index contributed by atoms with van der Waals surface area (Å²) in [5.41, 5.74) is 3.25. The maximum atomic E-state index is 13.8. The van der Waals surface area contributed by atoms with Crippen molar-refractivity contribution in [1.29, 1.82) is 0 Å². The van der Waals surface area contributed by atoms with Gasteiger partial charge in [-0.2, -0.15) is 4.31 Å². The maximum absolute atomic E-state index is 13.8. The number of carbonyl (C=O) groups is 4. The number of methoxy groups -OCH3 is 2. The van der Waals surface area contributed by atoms with Crippen LogP contribution >= 0.6 is 23.2 Å². The molecule has 0 spiro atoms. The van der Waals surface area contributed by atoms with Crippen molar-refractivity contribution in [3.63, 3.8) is 0 Å². The van der Waals surface area contributed by atoms with E-state index in [-0.39, 0.29) is 62.2 Å². The van der Waals surface area contributed by atoms with Crippen molar-refractivity contribution in [3.8, 4) is 0 Å². The largest absolute Gasteiger partial charge is 0.469 e. The van der Waals surface area contributed by atoms with Gasteiger partial charge in [-0.25, -0.2) is 13.2 Å². The number of hydrogen-bond donors (Lipinski definition) is 2.